The predicted octanol–water partition coefficient (Wildman–Crippen LogP) is 5.19. The lowest BCUT2D eigenvalue weighted by Crippen LogP contribution is -2.40. The topological polar surface area (TPSA) is 50.8 Å². The van der Waals surface area contributed by atoms with E-state index in [1.165, 1.54) is 0 Å². The Kier molecular flexibility index (Phi) is 5.49. The van der Waals surface area contributed by atoms with E-state index < -0.39 is 0 Å². The minimum absolute atomic E-state index is 0.188. The third kappa shape index (κ3) is 3.84. The van der Waals surface area contributed by atoms with Crippen LogP contribution in [0.15, 0.2) is 36.4 Å². The third-order valence-electron chi connectivity index (χ3n) is 4.55. The zero-order valence-electron chi connectivity index (χ0n) is 14.8. The summed E-state index contributed by atoms with van der Waals surface area (Å²) in [4.78, 5) is 14.3. The third-order valence-corrected chi connectivity index (χ3v) is 5.11. The molecule has 3 rings (SSSR count). The highest BCUT2D eigenvalue weighted by Crippen LogP contribution is 2.34. The minimum Gasteiger partial charge on any atom is -0.454 e. The van der Waals surface area contributed by atoms with Crippen LogP contribution in [0.3, 0.4) is 0 Å². The summed E-state index contributed by atoms with van der Waals surface area (Å²) < 4.78 is 10.7. The van der Waals surface area contributed by atoms with Crippen molar-refractivity contribution in [2.45, 2.75) is 25.9 Å². The van der Waals surface area contributed by atoms with E-state index in [-0.39, 0.29) is 24.9 Å². The van der Waals surface area contributed by atoms with Gasteiger partial charge in [-0.25, -0.2) is 4.79 Å². The van der Waals surface area contributed by atoms with Crippen molar-refractivity contribution in [3.63, 3.8) is 0 Å². The molecule has 2 aromatic carbocycles. The molecule has 1 heterocycles. The van der Waals surface area contributed by atoms with Gasteiger partial charge in [0.15, 0.2) is 11.5 Å². The maximum atomic E-state index is 12.6. The maximum absolute atomic E-state index is 12.6. The summed E-state index contributed by atoms with van der Waals surface area (Å²) >= 11 is 12.2. The minimum atomic E-state index is -0.205. The Hall–Kier alpha value is -2.11. The number of hydrogen-bond donors (Lipinski definition) is 1. The van der Waals surface area contributed by atoms with E-state index in [1.807, 2.05) is 38.1 Å². The standard InChI is InChI=1S/C19H20Cl2N2O3/c1-11(13-4-7-17-18(8-13)26-10-25-17)22-19(24)23(3)12(2)15-6-5-14(20)9-16(15)21/h4-9,11-12H,10H2,1-3H3,(H,22,24)/t11-,12-/m0/s1. The highest BCUT2D eigenvalue weighted by molar-refractivity contribution is 6.35. The van der Waals surface area contributed by atoms with Gasteiger partial charge in [0.25, 0.3) is 0 Å². The normalized spacial score (nSPS) is 14.7. The maximum Gasteiger partial charge on any atom is 0.318 e. The summed E-state index contributed by atoms with van der Waals surface area (Å²) in [6.07, 6.45) is 0. The Labute approximate surface area is 162 Å². The van der Waals surface area contributed by atoms with Crippen LogP contribution >= 0.6 is 23.2 Å². The Bertz CT molecular complexity index is 828. The van der Waals surface area contributed by atoms with E-state index in [2.05, 4.69) is 5.32 Å². The summed E-state index contributed by atoms with van der Waals surface area (Å²) in [5.74, 6) is 1.41. The lowest BCUT2D eigenvalue weighted by molar-refractivity contribution is 0.174. The van der Waals surface area contributed by atoms with Gasteiger partial charge in [-0.05, 0) is 49.2 Å². The summed E-state index contributed by atoms with van der Waals surface area (Å²) in [5.41, 5.74) is 1.78. The van der Waals surface area contributed by atoms with Gasteiger partial charge in [-0.2, -0.15) is 0 Å². The molecule has 0 unspecified atom stereocenters. The number of urea groups is 1. The summed E-state index contributed by atoms with van der Waals surface area (Å²) in [6.45, 7) is 4.06. The van der Waals surface area contributed by atoms with Crippen LogP contribution in [0.5, 0.6) is 11.5 Å². The van der Waals surface area contributed by atoms with Gasteiger partial charge in [-0.3, -0.25) is 0 Å². The van der Waals surface area contributed by atoms with Crippen molar-refractivity contribution < 1.29 is 14.3 Å². The van der Waals surface area contributed by atoms with Crippen molar-refractivity contribution >= 4 is 29.2 Å². The lowest BCUT2D eigenvalue weighted by atomic mass is 10.1. The van der Waals surface area contributed by atoms with Crippen LogP contribution in [-0.2, 0) is 0 Å². The fraction of sp³-hybridized carbons (Fsp3) is 0.316. The number of nitrogens with one attached hydrogen (secondary N) is 1. The molecule has 0 aromatic heterocycles. The Balaban J connectivity index is 1.68. The van der Waals surface area contributed by atoms with E-state index in [1.54, 1.807) is 24.1 Å². The number of carbonyl (C=O) groups excluding carboxylic acids is 1. The summed E-state index contributed by atoms with van der Waals surface area (Å²) in [6, 6.07) is 10.3. The van der Waals surface area contributed by atoms with Crippen LogP contribution in [0.4, 0.5) is 4.79 Å². The molecule has 0 aliphatic carbocycles. The Morgan fingerprint density at radius 3 is 2.58 bits per heavy atom. The van der Waals surface area contributed by atoms with Crippen molar-refractivity contribution in [3.8, 4) is 11.5 Å². The van der Waals surface area contributed by atoms with Gasteiger partial charge >= 0.3 is 6.03 Å². The van der Waals surface area contributed by atoms with Crippen molar-refractivity contribution in [1.82, 2.24) is 10.2 Å². The van der Waals surface area contributed by atoms with Crippen LogP contribution in [0.2, 0.25) is 10.0 Å². The largest absolute Gasteiger partial charge is 0.454 e. The molecule has 0 saturated carbocycles. The number of carbonyl (C=O) groups is 1. The quantitative estimate of drug-likeness (QED) is 0.776. The molecule has 1 aliphatic heterocycles. The van der Waals surface area contributed by atoms with Crippen LogP contribution in [0.1, 0.15) is 37.1 Å². The zero-order valence-corrected chi connectivity index (χ0v) is 16.3. The molecule has 0 bridgehead atoms. The molecule has 138 valence electrons. The fourth-order valence-corrected chi connectivity index (χ4v) is 3.34. The van der Waals surface area contributed by atoms with Crippen molar-refractivity contribution in [1.29, 1.82) is 0 Å². The average molecular weight is 395 g/mol. The lowest BCUT2D eigenvalue weighted by Gasteiger charge is -2.28. The number of rotatable bonds is 4. The van der Waals surface area contributed by atoms with Crippen LogP contribution < -0.4 is 14.8 Å². The summed E-state index contributed by atoms with van der Waals surface area (Å²) in [5, 5.41) is 4.09. The number of fused-ring (bicyclic) bond motifs is 1. The van der Waals surface area contributed by atoms with Gasteiger partial charge in [-0.1, -0.05) is 35.3 Å². The van der Waals surface area contributed by atoms with Crippen LogP contribution in [-0.4, -0.2) is 24.8 Å². The first-order valence-corrected chi connectivity index (χ1v) is 9.00. The van der Waals surface area contributed by atoms with E-state index >= 15 is 0 Å². The second kappa shape index (κ2) is 7.64. The van der Waals surface area contributed by atoms with Gasteiger partial charge in [0.1, 0.15) is 0 Å². The molecule has 26 heavy (non-hydrogen) atoms. The average Bonchev–Trinajstić information content (AvgIpc) is 3.08. The van der Waals surface area contributed by atoms with Gasteiger partial charge < -0.3 is 19.7 Å². The van der Waals surface area contributed by atoms with Gasteiger partial charge in [0.2, 0.25) is 6.79 Å². The molecule has 0 spiro atoms. The monoisotopic (exact) mass is 394 g/mol. The molecule has 0 fully saturated rings. The highest BCUT2D eigenvalue weighted by Gasteiger charge is 2.22. The molecule has 7 heteroatoms. The molecular weight excluding hydrogens is 375 g/mol. The number of hydrogen-bond acceptors (Lipinski definition) is 3. The molecule has 2 amide bonds. The van der Waals surface area contributed by atoms with E-state index in [4.69, 9.17) is 32.7 Å². The molecule has 0 saturated heterocycles. The highest BCUT2D eigenvalue weighted by atomic mass is 35.5. The molecule has 2 aromatic rings. The first kappa shape index (κ1) is 18.7. The predicted molar refractivity (Wildman–Crippen MR) is 102 cm³/mol. The molecule has 5 nitrogen and oxygen atoms in total. The molecule has 1 N–H and O–H groups in total. The van der Waals surface area contributed by atoms with Gasteiger partial charge in [0, 0.05) is 17.1 Å². The smallest absolute Gasteiger partial charge is 0.318 e. The number of ether oxygens (including phenoxy) is 2. The molecule has 1 aliphatic rings. The van der Waals surface area contributed by atoms with E-state index in [0.717, 1.165) is 16.9 Å². The van der Waals surface area contributed by atoms with Gasteiger partial charge in [0.05, 0.1) is 12.1 Å². The van der Waals surface area contributed by atoms with E-state index in [0.29, 0.717) is 15.8 Å². The van der Waals surface area contributed by atoms with Crippen molar-refractivity contribution in [2.24, 2.45) is 0 Å². The fourth-order valence-electron chi connectivity index (χ4n) is 2.78. The molecular formula is C19H20Cl2N2O3. The van der Waals surface area contributed by atoms with Crippen molar-refractivity contribution in [3.05, 3.63) is 57.6 Å². The summed E-state index contributed by atoms with van der Waals surface area (Å²) in [7, 11) is 1.73. The van der Waals surface area contributed by atoms with Crippen LogP contribution in [0.25, 0.3) is 0 Å². The number of benzene rings is 2. The second-order valence-corrected chi connectivity index (χ2v) is 7.08. The SMILES string of the molecule is C[C@H](NC(=O)N(C)[C@@H](C)c1ccc(Cl)cc1Cl)c1ccc2c(c1)OCO2. The van der Waals surface area contributed by atoms with Gasteiger partial charge in [-0.15, -0.1) is 0 Å². The number of amides is 2. The first-order valence-electron chi connectivity index (χ1n) is 8.24. The second-order valence-electron chi connectivity index (χ2n) is 6.24. The Morgan fingerprint density at radius 1 is 1.12 bits per heavy atom. The zero-order chi connectivity index (χ0) is 18.8. The van der Waals surface area contributed by atoms with Crippen LogP contribution in [0, 0.1) is 0 Å². The Morgan fingerprint density at radius 2 is 1.85 bits per heavy atom. The number of nitrogens with zero attached hydrogens (tertiary/aromatic N) is 1. The first-order chi connectivity index (χ1) is 12.4. The number of halogens is 2. The van der Waals surface area contributed by atoms with Crippen molar-refractivity contribution in [2.75, 3.05) is 13.8 Å². The molecule has 0 radical (unpaired) electrons. The molecule has 2 atom stereocenters. The van der Waals surface area contributed by atoms with E-state index in [9.17, 15) is 4.79 Å².